The molecule has 1 heterocycles. The Kier molecular flexibility index (Phi) is 6.18. The number of para-hydroxylation sites is 1. The number of fused-ring (bicyclic) bond motifs is 1. The molecule has 0 atom stereocenters. The number of carbonyl (C=O) groups is 1. The quantitative estimate of drug-likeness (QED) is 0.321. The van der Waals surface area contributed by atoms with Gasteiger partial charge in [0.15, 0.2) is 0 Å². The number of hydrogen-bond acceptors (Lipinski definition) is 4. The summed E-state index contributed by atoms with van der Waals surface area (Å²) in [6.07, 6.45) is 0. The molecule has 0 aromatic heterocycles. The maximum atomic E-state index is 12.9. The number of rotatable bonds is 7. The van der Waals surface area contributed by atoms with Crippen LogP contribution in [0.15, 0.2) is 114 Å². The third kappa shape index (κ3) is 4.87. The summed E-state index contributed by atoms with van der Waals surface area (Å²) in [5, 5.41) is 6.35. The molecule has 0 saturated heterocycles. The van der Waals surface area contributed by atoms with Crippen LogP contribution in [0, 0.1) is 0 Å². The fourth-order valence-electron chi connectivity index (χ4n) is 3.96. The monoisotopic (exact) mass is 481 g/mol. The van der Waals surface area contributed by atoms with Crippen LogP contribution in [-0.4, -0.2) is 14.3 Å². The number of hydrogen-bond donors (Lipinski definition) is 3. The lowest BCUT2D eigenvalue weighted by molar-refractivity contribution is -0.110. The molecular weight excluding hydrogens is 458 g/mol. The van der Waals surface area contributed by atoms with Gasteiger partial charge in [0.2, 0.25) is 10.0 Å². The fourth-order valence-corrected chi connectivity index (χ4v) is 5.00. The Labute approximate surface area is 204 Å². The Balaban J connectivity index is 1.40. The Morgan fingerprint density at radius 2 is 1.37 bits per heavy atom. The van der Waals surface area contributed by atoms with Gasteiger partial charge in [-0.05, 0) is 41.5 Å². The minimum Gasteiger partial charge on any atom is -0.354 e. The molecule has 1 aliphatic rings. The molecule has 0 bridgehead atoms. The van der Waals surface area contributed by atoms with Gasteiger partial charge in [-0.1, -0.05) is 78.9 Å². The molecule has 0 aliphatic carbocycles. The minimum absolute atomic E-state index is 0.163. The zero-order valence-corrected chi connectivity index (χ0v) is 19.5. The van der Waals surface area contributed by atoms with Gasteiger partial charge in [0.05, 0.1) is 16.2 Å². The first-order valence-electron chi connectivity index (χ1n) is 11.1. The Hall–Kier alpha value is -4.20. The molecule has 0 saturated carbocycles. The van der Waals surface area contributed by atoms with Crippen molar-refractivity contribution in [3.8, 4) is 0 Å². The number of benzene rings is 4. The first-order valence-corrected chi connectivity index (χ1v) is 12.6. The fraction of sp³-hybridized carbons (Fsp3) is 0.0357. The van der Waals surface area contributed by atoms with E-state index in [9.17, 15) is 13.2 Å². The van der Waals surface area contributed by atoms with Crippen LogP contribution in [0.4, 0.5) is 11.4 Å². The second-order valence-electron chi connectivity index (χ2n) is 8.08. The normalized spacial score (nSPS) is 14.2. The topological polar surface area (TPSA) is 87.3 Å². The number of carbonyl (C=O) groups excluding carboxylic acids is 1. The molecular formula is C28H23N3O3S. The van der Waals surface area contributed by atoms with E-state index in [1.54, 1.807) is 30.3 Å². The zero-order chi connectivity index (χ0) is 24.3. The van der Waals surface area contributed by atoms with E-state index in [2.05, 4.69) is 15.4 Å². The van der Waals surface area contributed by atoms with Crippen LogP contribution in [0.5, 0.6) is 0 Å². The average molecular weight is 482 g/mol. The maximum absolute atomic E-state index is 12.9. The van der Waals surface area contributed by atoms with Crippen molar-refractivity contribution in [3.05, 3.63) is 126 Å². The number of amides is 1. The summed E-state index contributed by atoms with van der Waals surface area (Å²) < 4.78 is 27.6. The molecule has 35 heavy (non-hydrogen) atoms. The van der Waals surface area contributed by atoms with Crippen molar-refractivity contribution in [2.24, 2.45) is 0 Å². The van der Waals surface area contributed by atoms with E-state index < -0.39 is 10.0 Å². The van der Waals surface area contributed by atoms with Crippen molar-refractivity contribution >= 4 is 38.6 Å². The Bertz CT molecular complexity index is 1500. The van der Waals surface area contributed by atoms with Crippen LogP contribution in [0.25, 0.3) is 11.3 Å². The molecule has 4 aromatic carbocycles. The van der Waals surface area contributed by atoms with E-state index in [0.717, 1.165) is 28.1 Å². The Morgan fingerprint density at radius 3 is 2.09 bits per heavy atom. The van der Waals surface area contributed by atoms with Crippen LogP contribution in [-0.2, 0) is 21.4 Å². The first-order chi connectivity index (χ1) is 17.0. The molecule has 0 spiro atoms. The molecule has 0 radical (unpaired) electrons. The number of anilines is 2. The smallest absolute Gasteiger partial charge is 0.258 e. The van der Waals surface area contributed by atoms with E-state index in [-0.39, 0.29) is 17.3 Å². The largest absolute Gasteiger partial charge is 0.354 e. The third-order valence-corrected chi connectivity index (χ3v) is 7.14. The van der Waals surface area contributed by atoms with Gasteiger partial charge in [0.1, 0.15) is 0 Å². The Morgan fingerprint density at radius 1 is 0.743 bits per heavy atom. The lowest BCUT2D eigenvalue weighted by Crippen LogP contribution is -2.23. The van der Waals surface area contributed by atoms with Crippen molar-refractivity contribution in [3.63, 3.8) is 0 Å². The van der Waals surface area contributed by atoms with Crippen LogP contribution in [0.3, 0.4) is 0 Å². The van der Waals surface area contributed by atoms with E-state index in [0.29, 0.717) is 11.3 Å². The third-order valence-electron chi connectivity index (χ3n) is 5.73. The number of nitrogens with one attached hydrogen (secondary N) is 3. The lowest BCUT2D eigenvalue weighted by atomic mass is 10.00. The van der Waals surface area contributed by atoms with Gasteiger partial charge in [-0.25, -0.2) is 13.1 Å². The molecule has 1 amide bonds. The highest BCUT2D eigenvalue weighted by atomic mass is 32.2. The predicted molar refractivity (Wildman–Crippen MR) is 139 cm³/mol. The van der Waals surface area contributed by atoms with Crippen molar-refractivity contribution in [1.29, 1.82) is 0 Å². The van der Waals surface area contributed by atoms with Crippen molar-refractivity contribution in [2.75, 3.05) is 10.6 Å². The second-order valence-corrected chi connectivity index (χ2v) is 9.84. The number of sulfonamides is 1. The average Bonchev–Trinajstić information content (AvgIpc) is 3.23. The summed E-state index contributed by atoms with van der Waals surface area (Å²) in [6, 6.07) is 33.0. The molecule has 6 nitrogen and oxygen atoms in total. The molecule has 7 heteroatoms. The highest BCUT2D eigenvalue weighted by molar-refractivity contribution is 7.89. The molecule has 1 aliphatic heterocycles. The summed E-state index contributed by atoms with van der Waals surface area (Å²) in [5.74, 6) is -0.163. The van der Waals surface area contributed by atoms with Gasteiger partial charge in [-0.15, -0.1) is 0 Å². The van der Waals surface area contributed by atoms with E-state index >= 15 is 0 Å². The summed E-state index contributed by atoms with van der Waals surface area (Å²) in [6.45, 7) is 0.167. The van der Waals surface area contributed by atoms with Crippen LogP contribution in [0.2, 0.25) is 0 Å². The van der Waals surface area contributed by atoms with Gasteiger partial charge in [-0.2, -0.15) is 0 Å². The van der Waals surface area contributed by atoms with Crippen LogP contribution in [0.1, 0.15) is 16.7 Å². The second kappa shape index (κ2) is 9.58. The molecule has 0 unspecified atom stereocenters. The molecule has 174 valence electrons. The van der Waals surface area contributed by atoms with E-state index in [1.807, 2.05) is 78.9 Å². The summed E-state index contributed by atoms with van der Waals surface area (Å²) in [7, 11) is -3.59. The van der Waals surface area contributed by atoms with Crippen LogP contribution < -0.4 is 15.4 Å². The standard InChI is InChI=1S/C28H23N3O3S/c32-28-26(24-13-7-8-14-25(24)31-28)27(21-9-3-1-4-10-21)30-22-17-15-20(16-18-22)19-29-35(33,34)23-11-5-2-6-12-23/h1-18,29-30H,19H2,(H,31,32). The van der Waals surface area contributed by atoms with Gasteiger partial charge in [0, 0.05) is 23.5 Å². The van der Waals surface area contributed by atoms with Gasteiger partial charge in [0.25, 0.3) is 5.91 Å². The first kappa shape index (κ1) is 22.6. The van der Waals surface area contributed by atoms with Crippen molar-refractivity contribution in [1.82, 2.24) is 4.72 Å². The molecule has 0 fully saturated rings. The summed E-state index contributed by atoms with van der Waals surface area (Å²) in [4.78, 5) is 13.1. The van der Waals surface area contributed by atoms with E-state index in [4.69, 9.17) is 0 Å². The maximum Gasteiger partial charge on any atom is 0.258 e. The SMILES string of the molecule is O=C1Nc2ccccc2C1=C(Nc1ccc(CNS(=O)(=O)c2ccccc2)cc1)c1ccccc1. The van der Waals surface area contributed by atoms with Gasteiger partial charge in [-0.3, -0.25) is 4.79 Å². The summed E-state index contributed by atoms with van der Waals surface area (Å²) >= 11 is 0. The molecule has 4 aromatic rings. The zero-order valence-electron chi connectivity index (χ0n) is 18.7. The molecule has 3 N–H and O–H groups in total. The summed E-state index contributed by atoms with van der Waals surface area (Å²) in [5.41, 5.74) is 5.38. The van der Waals surface area contributed by atoms with E-state index in [1.165, 1.54) is 0 Å². The van der Waals surface area contributed by atoms with Crippen LogP contribution >= 0.6 is 0 Å². The highest BCUT2D eigenvalue weighted by Gasteiger charge is 2.28. The van der Waals surface area contributed by atoms with Crippen molar-refractivity contribution in [2.45, 2.75) is 11.4 Å². The van der Waals surface area contributed by atoms with Gasteiger partial charge < -0.3 is 10.6 Å². The highest BCUT2D eigenvalue weighted by Crippen LogP contribution is 2.37. The van der Waals surface area contributed by atoms with Gasteiger partial charge >= 0.3 is 0 Å². The lowest BCUT2D eigenvalue weighted by Gasteiger charge is -2.15. The molecule has 5 rings (SSSR count). The van der Waals surface area contributed by atoms with Crippen molar-refractivity contribution < 1.29 is 13.2 Å². The minimum atomic E-state index is -3.59. The predicted octanol–water partition coefficient (Wildman–Crippen LogP) is 5.10.